The van der Waals surface area contributed by atoms with Gasteiger partial charge in [-0.1, -0.05) is 11.6 Å². The Bertz CT molecular complexity index is 451. The molecule has 0 radical (unpaired) electrons. The Labute approximate surface area is 99.7 Å². The zero-order valence-electron chi connectivity index (χ0n) is 8.57. The topological polar surface area (TPSA) is 73.0 Å². The highest BCUT2D eigenvalue weighted by Gasteiger charge is 2.45. The van der Waals surface area contributed by atoms with Gasteiger partial charge in [0, 0.05) is 0 Å². The normalized spacial score (nSPS) is 23.6. The molecule has 1 aromatic heterocycles. The first-order chi connectivity index (χ1) is 7.93. The summed E-state index contributed by atoms with van der Waals surface area (Å²) in [5.74, 6) is -3.03. The molecule has 94 valence electrons. The fraction of sp³-hybridized carbons (Fsp3) is 0.625. The highest BCUT2D eigenvalue weighted by atomic mass is 35.5. The maximum absolute atomic E-state index is 13.6. The molecule has 0 spiro atoms. The largest absolute Gasteiger partial charge is 0.325 e. The number of nitro groups is 1. The van der Waals surface area contributed by atoms with Crippen molar-refractivity contribution in [3.8, 4) is 0 Å². The van der Waals surface area contributed by atoms with Crippen LogP contribution in [0.1, 0.15) is 12.5 Å². The van der Waals surface area contributed by atoms with Crippen LogP contribution in [0.5, 0.6) is 0 Å². The maximum Gasteiger partial charge on any atom is 0.325 e. The monoisotopic (exact) mass is 266 g/mol. The first kappa shape index (κ1) is 12.2. The summed E-state index contributed by atoms with van der Waals surface area (Å²) in [6, 6.07) is -1.25. The second-order valence-electron chi connectivity index (χ2n) is 3.76. The third-order valence-corrected chi connectivity index (χ3v) is 3.02. The van der Waals surface area contributed by atoms with E-state index < -0.39 is 29.1 Å². The number of nitrogens with one attached hydrogen (secondary N) is 1. The van der Waals surface area contributed by atoms with Gasteiger partial charge in [0.25, 0.3) is 5.92 Å². The minimum Gasteiger partial charge on any atom is -0.311 e. The molecule has 9 heteroatoms. The number of aromatic nitrogens is 2. The van der Waals surface area contributed by atoms with E-state index in [9.17, 15) is 18.9 Å². The SMILES string of the molecule is O=[N+]([O-])c1cnn(C2CCNCC2(F)F)c1Cl. The van der Waals surface area contributed by atoms with Gasteiger partial charge in [0.1, 0.15) is 12.2 Å². The minimum atomic E-state index is -3.03. The summed E-state index contributed by atoms with van der Waals surface area (Å²) < 4.78 is 28.0. The van der Waals surface area contributed by atoms with E-state index >= 15 is 0 Å². The average Bonchev–Trinajstić information content (AvgIpc) is 2.59. The molecule has 1 aliphatic heterocycles. The van der Waals surface area contributed by atoms with E-state index in [0.29, 0.717) is 6.54 Å². The van der Waals surface area contributed by atoms with Crippen LogP contribution in [-0.4, -0.2) is 33.7 Å². The highest BCUT2D eigenvalue weighted by molar-refractivity contribution is 6.31. The zero-order valence-corrected chi connectivity index (χ0v) is 9.32. The van der Waals surface area contributed by atoms with Crippen LogP contribution in [0.3, 0.4) is 0 Å². The quantitative estimate of drug-likeness (QED) is 0.652. The van der Waals surface area contributed by atoms with Crippen molar-refractivity contribution < 1.29 is 13.7 Å². The van der Waals surface area contributed by atoms with Gasteiger partial charge in [0.05, 0.1) is 11.5 Å². The molecule has 2 heterocycles. The van der Waals surface area contributed by atoms with Crippen molar-refractivity contribution >= 4 is 17.3 Å². The van der Waals surface area contributed by atoms with Crippen LogP contribution >= 0.6 is 11.6 Å². The van der Waals surface area contributed by atoms with Crippen LogP contribution in [0, 0.1) is 10.1 Å². The molecule has 6 nitrogen and oxygen atoms in total. The van der Waals surface area contributed by atoms with Crippen molar-refractivity contribution in [2.45, 2.75) is 18.4 Å². The maximum atomic E-state index is 13.6. The van der Waals surface area contributed by atoms with Gasteiger partial charge in [-0.25, -0.2) is 13.5 Å². The van der Waals surface area contributed by atoms with Gasteiger partial charge in [-0.05, 0) is 13.0 Å². The Morgan fingerprint density at radius 1 is 1.71 bits per heavy atom. The lowest BCUT2D eigenvalue weighted by Gasteiger charge is -2.31. The third kappa shape index (κ3) is 2.09. The fourth-order valence-corrected chi connectivity index (χ4v) is 2.08. The standard InChI is InChI=1S/C8H9ClF2N4O2/c9-7-5(15(16)17)3-13-14(7)6-1-2-12-4-8(6,10)11/h3,6,12H,1-2,4H2. The van der Waals surface area contributed by atoms with Crippen molar-refractivity contribution in [1.82, 2.24) is 15.1 Å². The Hall–Kier alpha value is -1.28. The lowest BCUT2D eigenvalue weighted by molar-refractivity contribution is -0.384. The van der Waals surface area contributed by atoms with Crippen LogP contribution in [0.4, 0.5) is 14.5 Å². The molecule has 1 fully saturated rings. The molecule has 0 bridgehead atoms. The number of rotatable bonds is 2. The lowest BCUT2D eigenvalue weighted by Crippen LogP contribution is -2.47. The van der Waals surface area contributed by atoms with Gasteiger partial charge >= 0.3 is 5.69 Å². The second kappa shape index (κ2) is 4.19. The van der Waals surface area contributed by atoms with Gasteiger partial charge in [0.15, 0.2) is 0 Å². The van der Waals surface area contributed by atoms with Gasteiger partial charge < -0.3 is 5.32 Å². The number of hydrogen-bond acceptors (Lipinski definition) is 4. The van der Waals surface area contributed by atoms with Crippen LogP contribution in [0.2, 0.25) is 5.15 Å². The number of alkyl halides is 2. The Kier molecular flexibility index (Phi) is 3.00. The van der Waals surface area contributed by atoms with Gasteiger partial charge in [-0.2, -0.15) is 5.10 Å². The Balaban J connectivity index is 2.36. The molecule has 1 aromatic rings. The summed E-state index contributed by atoms with van der Waals surface area (Å²) in [4.78, 5) is 9.80. The van der Waals surface area contributed by atoms with Gasteiger partial charge in [0.2, 0.25) is 5.15 Å². The average molecular weight is 267 g/mol. The van der Waals surface area contributed by atoms with E-state index in [-0.39, 0.29) is 11.6 Å². The molecule has 0 amide bonds. The number of hydrogen-bond donors (Lipinski definition) is 1. The van der Waals surface area contributed by atoms with Crippen molar-refractivity contribution in [2.24, 2.45) is 0 Å². The summed E-state index contributed by atoms with van der Waals surface area (Å²) in [5.41, 5.74) is -0.457. The molecule has 17 heavy (non-hydrogen) atoms. The molecule has 1 atom stereocenters. The van der Waals surface area contributed by atoms with Crippen LogP contribution in [0.25, 0.3) is 0 Å². The molecule has 1 aliphatic rings. The molecular weight excluding hydrogens is 258 g/mol. The molecule has 0 saturated carbocycles. The van der Waals surface area contributed by atoms with Crippen molar-refractivity contribution in [2.75, 3.05) is 13.1 Å². The van der Waals surface area contributed by atoms with E-state index in [1.54, 1.807) is 0 Å². The smallest absolute Gasteiger partial charge is 0.311 e. The molecule has 1 saturated heterocycles. The first-order valence-corrected chi connectivity index (χ1v) is 5.27. The number of halogens is 3. The lowest BCUT2D eigenvalue weighted by atomic mass is 10.0. The fourth-order valence-electron chi connectivity index (χ4n) is 1.80. The Morgan fingerprint density at radius 2 is 2.41 bits per heavy atom. The summed E-state index contributed by atoms with van der Waals surface area (Å²) in [6.45, 7) is -0.0914. The third-order valence-electron chi connectivity index (χ3n) is 2.65. The van der Waals surface area contributed by atoms with E-state index in [1.807, 2.05) is 0 Å². The summed E-state index contributed by atoms with van der Waals surface area (Å²) in [7, 11) is 0. The molecule has 2 rings (SSSR count). The first-order valence-electron chi connectivity index (χ1n) is 4.89. The van der Waals surface area contributed by atoms with E-state index in [0.717, 1.165) is 10.9 Å². The summed E-state index contributed by atoms with van der Waals surface area (Å²) >= 11 is 5.69. The van der Waals surface area contributed by atoms with Crippen LogP contribution in [0.15, 0.2) is 6.20 Å². The van der Waals surface area contributed by atoms with E-state index in [1.165, 1.54) is 0 Å². The predicted octanol–water partition coefficient (Wildman–Crippen LogP) is 1.61. The van der Waals surface area contributed by atoms with Gasteiger partial charge in [-0.15, -0.1) is 0 Å². The molecule has 0 aliphatic carbocycles. The molecule has 0 aromatic carbocycles. The predicted molar refractivity (Wildman–Crippen MR) is 55.4 cm³/mol. The highest BCUT2D eigenvalue weighted by Crippen LogP contribution is 2.37. The van der Waals surface area contributed by atoms with Crippen molar-refractivity contribution in [3.05, 3.63) is 21.5 Å². The minimum absolute atomic E-state index is 0.117. The molecule has 1 unspecified atom stereocenters. The summed E-state index contributed by atoms with van der Waals surface area (Å²) in [5, 5.41) is 16.3. The van der Waals surface area contributed by atoms with Crippen LogP contribution < -0.4 is 5.32 Å². The van der Waals surface area contributed by atoms with E-state index in [2.05, 4.69) is 10.4 Å². The second-order valence-corrected chi connectivity index (χ2v) is 4.12. The zero-order chi connectivity index (χ0) is 12.6. The van der Waals surface area contributed by atoms with Crippen molar-refractivity contribution in [1.29, 1.82) is 0 Å². The number of nitrogens with zero attached hydrogens (tertiary/aromatic N) is 3. The van der Waals surface area contributed by atoms with Gasteiger partial charge in [-0.3, -0.25) is 10.1 Å². The van der Waals surface area contributed by atoms with E-state index in [4.69, 9.17) is 11.6 Å². The summed E-state index contributed by atoms with van der Waals surface area (Å²) in [6.07, 6.45) is 1.01. The molecular formula is C8H9ClF2N4O2. The van der Waals surface area contributed by atoms with Crippen LogP contribution in [-0.2, 0) is 0 Å². The Morgan fingerprint density at radius 3 is 2.94 bits per heavy atom. The molecule has 1 N–H and O–H groups in total. The number of piperidine rings is 1. The van der Waals surface area contributed by atoms with Crippen molar-refractivity contribution in [3.63, 3.8) is 0 Å².